The van der Waals surface area contributed by atoms with E-state index in [2.05, 4.69) is 5.32 Å². The number of rotatable bonds is 5. The zero-order valence-electron chi connectivity index (χ0n) is 9.97. The number of amides is 1. The quantitative estimate of drug-likeness (QED) is 0.640. The summed E-state index contributed by atoms with van der Waals surface area (Å²) in [6.07, 6.45) is 0. The van der Waals surface area contributed by atoms with E-state index >= 15 is 0 Å². The molecule has 0 aliphatic heterocycles. The van der Waals surface area contributed by atoms with Gasteiger partial charge in [-0.05, 0) is 12.1 Å². The van der Waals surface area contributed by atoms with Crippen LogP contribution in [0.1, 0.15) is 0 Å². The van der Waals surface area contributed by atoms with E-state index in [0.29, 0.717) is 17.2 Å². The topological polar surface area (TPSA) is 111 Å². The second-order valence-electron chi connectivity index (χ2n) is 3.37. The number of carbonyl (C=O) groups is 2. The molecule has 4 N–H and O–H groups in total. The summed E-state index contributed by atoms with van der Waals surface area (Å²) >= 11 is 0. The summed E-state index contributed by atoms with van der Waals surface area (Å²) in [6.45, 7) is 0. The van der Waals surface area contributed by atoms with Crippen molar-refractivity contribution >= 4 is 17.6 Å². The molecule has 98 valence electrons. The number of nitrogens with one attached hydrogen (secondary N) is 1. The lowest BCUT2D eigenvalue weighted by Crippen LogP contribution is -2.42. The molecule has 0 aromatic heterocycles. The smallest absolute Gasteiger partial charge is 0.330 e. The molecule has 0 fully saturated rings. The van der Waals surface area contributed by atoms with Gasteiger partial charge in [0.05, 0.1) is 19.9 Å². The number of carboxylic acids is 1. The molecule has 1 aromatic rings. The van der Waals surface area contributed by atoms with Crippen LogP contribution in [0.15, 0.2) is 18.2 Å². The highest BCUT2D eigenvalue weighted by molar-refractivity contribution is 6.08. The fraction of sp³-hybridized carbons (Fsp3) is 0.273. The van der Waals surface area contributed by atoms with Gasteiger partial charge >= 0.3 is 5.97 Å². The van der Waals surface area contributed by atoms with Crippen molar-refractivity contribution in [2.24, 2.45) is 5.73 Å². The Morgan fingerprint density at radius 1 is 1.33 bits per heavy atom. The van der Waals surface area contributed by atoms with Gasteiger partial charge in [0.1, 0.15) is 11.5 Å². The van der Waals surface area contributed by atoms with E-state index in [4.69, 9.17) is 20.3 Å². The molecule has 0 aliphatic rings. The fourth-order valence-corrected chi connectivity index (χ4v) is 1.22. The molecule has 1 aromatic carbocycles. The van der Waals surface area contributed by atoms with Crippen molar-refractivity contribution in [2.75, 3.05) is 19.5 Å². The average molecular weight is 254 g/mol. The lowest BCUT2D eigenvalue weighted by atomic mass is 10.2. The SMILES string of the molecule is COc1ccc(NC(=O)C(N)C(=O)O)c(OC)c1. The third-order valence-electron chi connectivity index (χ3n) is 2.22. The predicted octanol–water partition coefficient (Wildman–Crippen LogP) is 0.0542. The standard InChI is InChI=1S/C11H14N2O5/c1-17-6-3-4-7(8(5-6)18-2)13-10(14)9(12)11(15)16/h3-5,9H,12H2,1-2H3,(H,13,14)(H,15,16). The number of hydrogen-bond donors (Lipinski definition) is 3. The molecule has 1 rings (SSSR count). The second kappa shape index (κ2) is 5.87. The van der Waals surface area contributed by atoms with Crippen LogP contribution in [0.5, 0.6) is 11.5 Å². The summed E-state index contributed by atoms with van der Waals surface area (Å²) in [5.41, 5.74) is 5.50. The number of carboxylic acid groups (broad SMARTS) is 1. The average Bonchev–Trinajstić information content (AvgIpc) is 2.37. The largest absolute Gasteiger partial charge is 0.497 e. The fourth-order valence-electron chi connectivity index (χ4n) is 1.22. The van der Waals surface area contributed by atoms with E-state index in [-0.39, 0.29) is 0 Å². The number of ether oxygens (including phenoxy) is 2. The number of hydrogen-bond acceptors (Lipinski definition) is 5. The Hall–Kier alpha value is -2.28. The lowest BCUT2D eigenvalue weighted by Gasteiger charge is -2.12. The first kappa shape index (κ1) is 13.8. The molecule has 0 spiro atoms. The van der Waals surface area contributed by atoms with Crippen LogP contribution in [-0.4, -0.2) is 37.2 Å². The molecular weight excluding hydrogens is 240 g/mol. The zero-order valence-corrected chi connectivity index (χ0v) is 9.97. The van der Waals surface area contributed by atoms with E-state index in [1.807, 2.05) is 0 Å². The first-order chi connectivity index (χ1) is 8.49. The monoisotopic (exact) mass is 254 g/mol. The van der Waals surface area contributed by atoms with Crippen LogP contribution in [0.25, 0.3) is 0 Å². The van der Waals surface area contributed by atoms with Crippen molar-refractivity contribution in [3.05, 3.63) is 18.2 Å². The van der Waals surface area contributed by atoms with E-state index < -0.39 is 17.9 Å². The first-order valence-corrected chi connectivity index (χ1v) is 5.01. The Bertz CT molecular complexity index is 461. The van der Waals surface area contributed by atoms with Crippen LogP contribution in [0.4, 0.5) is 5.69 Å². The molecule has 7 heteroatoms. The molecule has 0 aliphatic carbocycles. The molecule has 1 atom stereocenters. The van der Waals surface area contributed by atoms with Crippen molar-refractivity contribution in [3.63, 3.8) is 0 Å². The summed E-state index contributed by atoms with van der Waals surface area (Å²) in [6, 6.07) is 3.06. The Morgan fingerprint density at radius 2 is 2.00 bits per heavy atom. The summed E-state index contributed by atoms with van der Waals surface area (Å²) in [5.74, 6) is -1.33. The molecule has 7 nitrogen and oxygen atoms in total. The van der Waals surface area contributed by atoms with Gasteiger partial charge in [-0.25, -0.2) is 4.79 Å². The summed E-state index contributed by atoms with van der Waals surface area (Å²) < 4.78 is 10.0. The van der Waals surface area contributed by atoms with Crippen molar-refractivity contribution in [1.82, 2.24) is 0 Å². The van der Waals surface area contributed by atoms with Crippen LogP contribution < -0.4 is 20.5 Å². The Kier molecular flexibility index (Phi) is 4.50. The highest BCUT2D eigenvalue weighted by atomic mass is 16.5. The minimum atomic E-state index is -1.63. The molecule has 0 bridgehead atoms. The van der Waals surface area contributed by atoms with Crippen molar-refractivity contribution in [2.45, 2.75) is 6.04 Å². The van der Waals surface area contributed by atoms with Gasteiger partial charge in [-0.3, -0.25) is 4.79 Å². The first-order valence-electron chi connectivity index (χ1n) is 5.01. The maximum absolute atomic E-state index is 11.5. The second-order valence-corrected chi connectivity index (χ2v) is 3.37. The highest BCUT2D eigenvalue weighted by Gasteiger charge is 2.22. The van der Waals surface area contributed by atoms with Gasteiger partial charge in [-0.1, -0.05) is 0 Å². The summed E-state index contributed by atoms with van der Waals surface area (Å²) in [7, 11) is 2.91. The van der Waals surface area contributed by atoms with Gasteiger partial charge in [0, 0.05) is 6.07 Å². The van der Waals surface area contributed by atoms with Gasteiger partial charge < -0.3 is 25.6 Å². The van der Waals surface area contributed by atoms with Crippen molar-refractivity contribution in [1.29, 1.82) is 0 Å². The van der Waals surface area contributed by atoms with Crippen LogP contribution in [-0.2, 0) is 9.59 Å². The molecule has 0 heterocycles. The van der Waals surface area contributed by atoms with Crippen LogP contribution >= 0.6 is 0 Å². The van der Waals surface area contributed by atoms with Crippen molar-refractivity contribution in [3.8, 4) is 11.5 Å². The van der Waals surface area contributed by atoms with Gasteiger partial charge in [0.2, 0.25) is 0 Å². The third kappa shape index (κ3) is 3.11. The molecule has 1 amide bonds. The predicted molar refractivity (Wildman–Crippen MR) is 63.8 cm³/mol. The van der Waals surface area contributed by atoms with E-state index in [1.165, 1.54) is 20.3 Å². The molecule has 18 heavy (non-hydrogen) atoms. The third-order valence-corrected chi connectivity index (χ3v) is 2.22. The van der Waals surface area contributed by atoms with Gasteiger partial charge in [0.15, 0.2) is 6.04 Å². The normalized spacial score (nSPS) is 11.5. The minimum Gasteiger partial charge on any atom is -0.497 e. The van der Waals surface area contributed by atoms with Crippen LogP contribution in [0.2, 0.25) is 0 Å². The molecule has 0 radical (unpaired) electrons. The van der Waals surface area contributed by atoms with Gasteiger partial charge in [-0.15, -0.1) is 0 Å². The van der Waals surface area contributed by atoms with Gasteiger partial charge in [0.25, 0.3) is 5.91 Å². The van der Waals surface area contributed by atoms with Crippen molar-refractivity contribution < 1.29 is 24.2 Å². The lowest BCUT2D eigenvalue weighted by molar-refractivity contribution is -0.141. The van der Waals surface area contributed by atoms with E-state index in [0.717, 1.165) is 0 Å². The van der Waals surface area contributed by atoms with Crippen LogP contribution in [0, 0.1) is 0 Å². The summed E-state index contributed by atoms with van der Waals surface area (Å²) in [5, 5.41) is 11.0. The summed E-state index contributed by atoms with van der Waals surface area (Å²) in [4.78, 5) is 22.0. The highest BCUT2D eigenvalue weighted by Crippen LogP contribution is 2.28. The van der Waals surface area contributed by atoms with E-state index in [9.17, 15) is 9.59 Å². The maximum Gasteiger partial charge on any atom is 0.330 e. The number of carbonyl (C=O) groups excluding carboxylic acids is 1. The molecule has 0 saturated carbocycles. The number of benzene rings is 1. The molecule has 1 unspecified atom stereocenters. The number of aliphatic carboxylic acids is 1. The van der Waals surface area contributed by atoms with Gasteiger partial charge in [-0.2, -0.15) is 0 Å². The maximum atomic E-state index is 11.5. The number of methoxy groups -OCH3 is 2. The number of anilines is 1. The Labute approximate surface area is 103 Å². The number of nitrogens with two attached hydrogens (primary N) is 1. The van der Waals surface area contributed by atoms with Crippen LogP contribution in [0.3, 0.4) is 0 Å². The molecule has 0 saturated heterocycles. The zero-order chi connectivity index (χ0) is 13.7. The molecular formula is C11H14N2O5. The Morgan fingerprint density at radius 3 is 2.50 bits per heavy atom. The Balaban J connectivity index is 2.90. The van der Waals surface area contributed by atoms with E-state index in [1.54, 1.807) is 12.1 Å². The minimum absolute atomic E-state index is 0.319.